The van der Waals surface area contributed by atoms with Crippen LogP contribution < -0.4 is 5.32 Å². The number of anilines is 1. The molecule has 0 amide bonds. The van der Waals surface area contributed by atoms with Crippen molar-refractivity contribution < 1.29 is 17.6 Å². The molecule has 2 rings (SSSR count). The molecule has 0 unspecified atom stereocenters. The number of alkyl halides is 3. The van der Waals surface area contributed by atoms with Gasteiger partial charge in [0.2, 0.25) is 0 Å². The second-order valence-electron chi connectivity index (χ2n) is 4.06. The molecule has 2 aromatic rings. The van der Waals surface area contributed by atoms with Crippen molar-refractivity contribution in [2.75, 3.05) is 5.32 Å². The van der Waals surface area contributed by atoms with E-state index in [2.05, 4.69) is 5.32 Å². The lowest BCUT2D eigenvalue weighted by Gasteiger charge is -2.11. The van der Waals surface area contributed by atoms with Gasteiger partial charge < -0.3 is 5.32 Å². The van der Waals surface area contributed by atoms with Crippen LogP contribution in [0.3, 0.4) is 0 Å². The third-order valence-electron chi connectivity index (χ3n) is 2.53. The maximum atomic E-state index is 13.1. The Kier molecular flexibility index (Phi) is 3.80. The second-order valence-corrected chi connectivity index (χ2v) is 5.43. The molecule has 1 N–H and O–H groups in total. The van der Waals surface area contributed by atoms with E-state index in [1.165, 1.54) is 6.07 Å². The highest BCUT2D eigenvalue weighted by Crippen LogP contribution is 2.33. The van der Waals surface area contributed by atoms with Crippen molar-refractivity contribution in [3.8, 4) is 0 Å². The van der Waals surface area contributed by atoms with Crippen LogP contribution in [0.15, 0.2) is 30.3 Å². The number of benzene rings is 1. The van der Waals surface area contributed by atoms with E-state index in [4.69, 9.17) is 0 Å². The Hall–Kier alpha value is -1.56. The number of thiophene rings is 1. The van der Waals surface area contributed by atoms with Crippen molar-refractivity contribution in [1.82, 2.24) is 0 Å². The second kappa shape index (κ2) is 5.21. The first-order chi connectivity index (χ1) is 8.86. The molecule has 0 saturated carbocycles. The summed E-state index contributed by atoms with van der Waals surface area (Å²) in [5, 5.41) is 2.86. The zero-order valence-electron chi connectivity index (χ0n) is 10.0. The molecule has 0 fully saturated rings. The molecule has 0 aliphatic heterocycles. The standard InChI is InChI=1S/C13H11F4NS/c1-8-2-4-10(19-8)7-18-9-3-5-12(14)11(6-9)13(15,16)17/h2-6,18H,7H2,1H3. The zero-order valence-corrected chi connectivity index (χ0v) is 10.8. The number of halogens is 4. The minimum absolute atomic E-state index is 0.250. The first-order valence-corrected chi connectivity index (χ1v) is 6.34. The van der Waals surface area contributed by atoms with E-state index >= 15 is 0 Å². The van der Waals surface area contributed by atoms with E-state index < -0.39 is 17.6 Å². The number of hydrogen-bond acceptors (Lipinski definition) is 2. The van der Waals surface area contributed by atoms with E-state index in [1.54, 1.807) is 11.3 Å². The molecule has 1 nitrogen and oxygen atoms in total. The van der Waals surface area contributed by atoms with E-state index in [9.17, 15) is 17.6 Å². The largest absolute Gasteiger partial charge is 0.419 e. The van der Waals surface area contributed by atoms with Gasteiger partial charge in [0.1, 0.15) is 5.82 Å². The van der Waals surface area contributed by atoms with Crippen LogP contribution in [0, 0.1) is 12.7 Å². The van der Waals surface area contributed by atoms with Crippen LogP contribution >= 0.6 is 11.3 Å². The van der Waals surface area contributed by atoms with Gasteiger partial charge in [-0.15, -0.1) is 11.3 Å². The number of nitrogens with one attached hydrogen (secondary N) is 1. The van der Waals surface area contributed by atoms with Gasteiger partial charge in [-0.2, -0.15) is 13.2 Å². The van der Waals surface area contributed by atoms with Crippen LogP contribution in [0.1, 0.15) is 15.3 Å². The normalized spacial score (nSPS) is 11.6. The fourth-order valence-electron chi connectivity index (χ4n) is 1.62. The van der Waals surface area contributed by atoms with Crippen molar-refractivity contribution in [2.45, 2.75) is 19.6 Å². The predicted molar refractivity (Wildman–Crippen MR) is 67.8 cm³/mol. The Morgan fingerprint density at radius 1 is 1.16 bits per heavy atom. The highest BCUT2D eigenvalue weighted by molar-refractivity contribution is 7.11. The van der Waals surface area contributed by atoms with E-state index in [1.807, 2.05) is 19.1 Å². The third kappa shape index (κ3) is 3.47. The molecule has 0 bridgehead atoms. The van der Waals surface area contributed by atoms with Gasteiger partial charge in [0.05, 0.1) is 5.56 Å². The molecule has 0 radical (unpaired) electrons. The summed E-state index contributed by atoms with van der Waals surface area (Å²) < 4.78 is 50.7. The minimum atomic E-state index is -4.68. The average molecular weight is 289 g/mol. The summed E-state index contributed by atoms with van der Waals surface area (Å²) in [5.74, 6) is -1.26. The van der Waals surface area contributed by atoms with Crippen LogP contribution in [0.4, 0.5) is 23.2 Å². The summed E-state index contributed by atoms with van der Waals surface area (Å²) in [6, 6.07) is 6.75. The fourth-order valence-corrected chi connectivity index (χ4v) is 2.45. The van der Waals surface area contributed by atoms with Gasteiger partial charge >= 0.3 is 6.18 Å². The predicted octanol–water partition coefficient (Wildman–Crippen LogP) is 4.83. The van der Waals surface area contributed by atoms with E-state index in [-0.39, 0.29) is 5.69 Å². The number of hydrogen-bond donors (Lipinski definition) is 1. The maximum Gasteiger partial charge on any atom is 0.419 e. The Morgan fingerprint density at radius 2 is 1.89 bits per heavy atom. The van der Waals surface area contributed by atoms with Crippen LogP contribution in [0.2, 0.25) is 0 Å². The number of aryl methyl sites for hydroxylation is 1. The third-order valence-corrected chi connectivity index (χ3v) is 3.54. The van der Waals surface area contributed by atoms with Crippen LogP contribution in [0.25, 0.3) is 0 Å². The molecule has 6 heteroatoms. The van der Waals surface area contributed by atoms with E-state index in [0.717, 1.165) is 21.9 Å². The molecule has 0 aliphatic rings. The van der Waals surface area contributed by atoms with Gasteiger partial charge in [-0.05, 0) is 37.3 Å². The topological polar surface area (TPSA) is 12.0 Å². The van der Waals surface area contributed by atoms with Gasteiger partial charge in [0.25, 0.3) is 0 Å². The van der Waals surface area contributed by atoms with Gasteiger partial charge in [-0.3, -0.25) is 0 Å². The Balaban J connectivity index is 2.13. The molecule has 0 atom stereocenters. The highest BCUT2D eigenvalue weighted by atomic mass is 32.1. The lowest BCUT2D eigenvalue weighted by molar-refractivity contribution is -0.139. The van der Waals surface area contributed by atoms with Gasteiger partial charge in [-0.25, -0.2) is 4.39 Å². The van der Waals surface area contributed by atoms with Crippen molar-refractivity contribution >= 4 is 17.0 Å². The summed E-state index contributed by atoms with van der Waals surface area (Å²) in [7, 11) is 0. The Bertz CT molecular complexity index is 574. The molecule has 1 heterocycles. The maximum absolute atomic E-state index is 13.1. The van der Waals surface area contributed by atoms with E-state index in [0.29, 0.717) is 6.54 Å². The van der Waals surface area contributed by atoms with Crippen molar-refractivity contribution in [3.63, 3.8) is 0 Å². The molecular weight excluding hydrogens is 278 g/mol. The summed E-state index contributed by atoms with van der Waals surface area (Å²) in [6.45, 7) is 2.37. The summed E-state index contributed by atoms with van der Waals surface area (Å²) in [5.41, 5.74) is -1.00. The Morgan fingerprint density at radius 3 is 2.47 bits per heavy atom. The van der Waals surface area contributed by atoms with Crippen molar-refractivity contribution in [2.24, 2.45) is 0 Å². The van der Waals surface area contributed by atoms with Crippen LogP contribution in [0.5, 0.6) is 0 Å². The minimum Gasteiger partial charge on any atom is -0.380 e. The molecule has 19 heavy (non-hydrogen) atoms. The smallest absolute Gasteiger partial charge is 0.380 e. The zero-order chi connectivity index (χ0) is 14.0. The lowest BCUT2D eigenvalue weighted by Crippen LogP contribution is -2.09. The molecule has 0 saturated heterocycles. The molecule has 1 aromatic carbocycles. The van der Waals surface area contributed by atoms with Gasteiger partial charge in [0, 0.05) is 22.0 Å². The summed E-state index contributed by atoms with van der Waals surface area (Å²) in [6.07, 6.45) is -4.68. The molecular formula is C13H11F4NS. The van der Waals surface area contributed by atoms with Crippen LogP contribution in [-0.2, 0) is 12.7 Å². The Labute approximate surface area is 111 Å². The quantitative estimate of drug-likeness (QED) is 0.798. The highest BCUT2D eigenvalue weighted by Gasteiger charge is 2.34. The van der Waals surface area contributed by atoms with Crippen LogP contribution in [-0.4, -0.2) is 0 Å². The molecule has 102 valence electrons. The lowest BCUT2D eigenvalue weighted by atomic mass is 10.2. The fraction of sp³-hybridized carbons (Fsp3) is 0.231. The summed E-state index contributed by atoms with van der Waals surface area (Å²) in [4.78, 5) is 2.14. The van der Waals surface area contributed by atoms with Gasteiger partial charge in [-0.1, -0.05) is 0 Å². The molecule has 1 aromatic heterocycles. The monoisotopic (exact) mass is 289 g/mol. The molecule has 0 aliphatic carbocycles. The molecule has 0 spiro atoms. The first kappa shape index (κ1) is 13.9. The van der Waals surface area contributed by atoms with Gasteiger partial charge in [0.15, 0.2) is 0 Å². The summed E-state index contributed by atoms with van der Waals surface area (Å²) >= 11 is 1.56. The van der Waals surface area contributed by atoms with Crippen molar-refractivity contribution in [1.29, 1.82) is 0 Å². The first-order valence-electron chi connectivity index (χ1n) is 5.52. The SMILES string of the molecule is Cc1ccc(CNc2ccc(F)c(C(F)(F)F)c2)s1. The van der Waals surface area contributed by atoms with Crippen molar-refractivity contribution in [3.05, 3.63) is 51.5 Å². The average Bonchev–Trinajstić information content (AvgIpc) is 2.72. The number of rotatable bonds is 3.